The maximum absolute atomic E-state index is 13.3. The molecule has 1 aliphatic rings. The zero-order chi connectivity index (χ0) is 20.5. The number of guanidine groups is 1. The van der Waals surface area contributed by atoms with E-state index >= 15 is 0 Å². The zero-order valence-corrected chi connectivity index (χ0v) is 20.7. The first kappa shape index (κ1) is 24.6. The lowest BCUT2D eigenvalue weighted by Gasteiger charge is -2.15. The number of aromatic nitrogens is 1. The van der Waals surface area contributed by atoms with Crippen molar-refractivity contribution in [1.82, 2.24) is 15.6 Å². The summed E-state index contributed by atoms with van der Waals surface area (Å²) in [5, 5.41) is 9.88. The lowest BCUT2D eigenvalue weighted by molar-refractivity contribution is 0.229. The van der Waals surface area contributed by atoms with E-state index in [0.29, 0.717) is 12.3 Å². The van der Waals surface area contributed by atoms with Gasteiger partial charge in [-0.25, -0.2) is 14.4 Å². The molecule has 30 heavy (non-hydrogen) atoms. The van der Waals surface area contributed by atoms with E-state index < -0.39 is 0 Å². The molecule has 1 atom stereocenters. The third-order valence-corrected chi connectivity index (χ3v) is 5.52. The van der Waals surface area contributed by atoms with Crippen LogP contribution in [0.15, 0.2) is 34.6 Å². The summed E-state index contributed by atoms with van der Waals surface area (Å²) in [6, 6.07) is 6.17. The van der Waals surface area contributed by atoms with Crippen LogP contribution in [0.5, 0.6) is 5.75 Å². The van der Waals surface area contributed by atoms with Gasteiger partial charge in [-0.15, -0.1) is 35.3 Å². The molecule has 1 unspecified atom stereocenters. The Balaban J connectivity index is 0.00000320. The second-order valence-electron chi connectivity index (χ2n) is 7.10. The van der Waals surface area contributed by atoms with E-state index in [9.17, 15) is 4.39 Å². The third kappa shape index (κ3) is 7.90. The Bertz CT molecular complexity index is 797. The van der Waals surface area contributed by atoms with Gasteiger partial charge in [0.25, 0.3) is 0 Å². The molecule has 1 fully saturated rings. The van der Waals surface area contributed by atoms with E-state index in [-0.39, 0.29) is 35.9 Å². The molecule has 1 saturated heterocycles. The van der Waals surface area contributed by atoms with E-state index in [1.165, 1.54) is 25.0 Å². The Morgan fingerprint density at radius 1 is 1.33 bits per heavy atom. The topological polar surface area (TPSA) is 61.8 Å². The second kappa shape index (κ2) is 12.9. The van der Waals surface area contributed by atoms with Gasteiger partial charge in [0.15, 0.2) is 11.1 Å². The van der Waals surface area contributed by atoms with Crippen LogP contribution in [0, 0.1) is 5.82 Å². The number of nitrogens with one attached hydrogen (secondary N) is 2. The molecule has 3 rings (SSSR count). The Labute approximate surface area is 199 Å². The fourth-order valence-electron chi connectivity index (χ4n) is 3.15. The second-order valence-corrected chi connectivity index (χ2v) is 7.93. The minimum atomic E-state index is -0.303. The van der Waals surface area contributed by atoms with Crippen molar-refractivity contribution < 1.29 is 9.13 Å². The molecule has 2 N–H and O–H groups in total. The van der Waals surface area contributed by atoms with Crippen LogP contribution >= 0.6 is 35.3 Å². The number of thiazole rings is 1. The predicted molar refractivity (Wildman–Crippen MR) is 133 cm³/mol. The maximum Gasteiger partial charge on any atom is 0.191 e. The molecule has 0 spiro atoms. The molecular weight excluding hydrogens is 516 g/mol. The number of hydrogen-bond donors (Lipinski definition) is 2. The largest absolute Gasteiger partial charge is 0.489 e. The van der Waals surface area contributed by atoms with Crippen molar-refractivity contribution >= 4 is 46.4 Å². The Kier molecular flexibility index (Phi) is 10.6. The van der Waals surface area contributed by atoms with Crippen molar-refractivity contribution in [3.63, 3.8) is 0 Å². The highest BCUT2D eigenvalue weighted by atomic mass is 127. The van der Waals surface area contributed by atoms with Crippen molar-refractivity contribution in [2.75, 3.05) is 37.6 Å². The van der Waals surface area contributed by atoms with Gasteiger partial charge in [-0.05, 0) is 38.8 Å². The van der Waals surface area contributed by atoms with Gasteiger partial charge in [0.2, 0.25) is 0 Å². The first-order chi connectivity index (χ1) is 14.1. The van der Waals surface area contributed by atoms with E-state index in [1.807, 2.05) is 13.8 Å². The first-order valence-electron chi connectivity index (χ1n) is 10.3. The lowest BCUT2D eigenvalue weighted by Crippen LogP contribution is -2.39. The number of benzene rings is 1. The Morgan fingerprint density at radius 2 is 2.13 bits per heavy atom. The molecule has 0 bridgehead atoms. The maximum atomic E-state index is 13.3. The molecular formula is C21H31FIN5OS. The average molecular weight is 547 g/mol. The molecule has 1 aliphatic heterocycles. The monoisotopic (exact) mass is 547 g/mol. The number of anilines is 1. The van der Waals surface area contributed by atoms with Gasteiger partial charge in [-0.2, -0.15) is 0 Å². The van der Waals surface area contributed by atoms with Crippen molar-refractivity contribution in [2.45, 2.75) is 39.2 Å². The molecule has 166 valence electrons. The summed E-state index contributed by atoms with van der Waals surface area (Å²) in [5.41, 5.74) is 1.11. The summed E-state index contributed by atoms with van der Waals surface area (Å²) < 4.78 is 19.0. The molecule has 0 amide bonds. The Hall–Kier alpha value is -1.62. The number of ether oxygens (including phenoxy) is 1. The summed E-state index contributed by atoms with van der Waals surface area (Å²) in [7, 11) is 0. The van der Waals surface area contributed by atoms with E-state index in [2.05, 4.69) is 25.9 Å². The van der Waals surface area contributed by atoms with Crippen LogP contribution in [0.2, 0.25) is 0 Å². The number of nitrogens with zero attached hydrogens (tertiary/aromatic N) is 3. The number of hydrogen-bond acceptors (Lipinski definition) is 5. The summed E-state index contributed by atoms with van der Waals surface area (Å²) in [6.45, 7) is 8.22. The van der Waals surface area contributed by atoms with Gasteiger partial charge in [-0.3, -0.25) is 0 Å². The summed E-state index contributed by atoms with van der Waals surface area (Å²) in [4.78, 5) is 11.7. The van der Waals surface area contributed by atoms with E-state index in [4.69, 9.17) is 9.72 Å². The molecule has 9 heteroatoms. The van der Waals surface area contributed by atoms with Crippen LogP contribution in [0.4, 0.5) is 9.52 Å². The average Bonchev–Trinajstić information content (AvgIpc) is 3.38. The predicted octanol–water partition coefficient (Wildman–Crippen LogP) is 4.07. The van der Waals surface area contributed by atoms with Gasteiger partial charge in [0, 0.05) is 44.0 Å². The zero-order valence-electron chi connectivity index (χ0n) is 17.6. The molecule has 0 aliphatic carbocycles. The van der Waals surface area contributed by atoms with Gasteiger partial charge in [0.1, 0.15) is 17.7 Å². The first-order valence-corrected chi connectivity index (χ1v) is 11.2. The van der Waals surface area contributed by atoms with Crippen LogP contribution in [-0.4, -0.2) is 49.8 Å². The van der Waals surface area contributed by atoms with E-state index in [0.717, 1.165) is 49.4 Å². The van der Waals surface area contributed by atoms with Crippen molar-refractivity contribution in [3.8, 4) is 5.75 Å². The molecule has 1 aromatic heterocycles. The van der Waals surface area contributed by atoms with Gasteiger partial charge in [0.05, 0.1) is 12.2 Å². The van der Waals surface area contributed by atoms with Crippen molar-refractivity contribution in [1.29, 1.82) is 0 Å². The SMILES string of the molecule is CCNC(=NCC(C)Oc1cccc(F)c1)NCCc1csc(N2CCCC2)n1.I. The highest BCUT2D eigenvalue weighted by Gasteiger charge is 2.15. The van der Waals surface area contributed by atoms with Gasteiger partial charge in [-0.1, -0.05) is 6.07 Å². The highest BCUT2D eigenvalue weighted by Crippen LogP contribution is 2.24. The molecule has 0 radical (unpaired) electrons. The standard InChI is InChI=1S/C21H30FN5OS.HI/c1-3-23-20(25-14-16(2)28-19-8-6-7-17(22)13-19)24-10-9-18-15-29-21(26-18)27-11-4-5-12-27;/h6-8,13,15-16H,3-5,9-12,14H2,1-2H3,(H2,23,24,25);1H. The molecule has 0 saturated carbocycles. The fourth-order valence-corrected chi connectivity index (χ4v) is 4.06. The number of aliphatic imine (C=N–C) groups is 1. The summed E-state index contributed by atoms with van der Waals surface area (Å²) in [6.07, 6.45) is 3.22. The van der Waals surface area contributed by atoms with Gasteiger partial charge < -0.3 is 20.3 Å². The van der Waals surface area contributed by atoms with E-state index in [1.54, 1.807) is 23.5 Å². The molecule has 6 nitrogen and oxygen atoms in total. The fraction of sp³-hybridized carbons (Fsp3) is 0.524. The molecule has 2 heterocycles. The Morgan fingerprint density at radius 3 is 2.87 bits per heavy atom. The summed E-state index contributed by atoms with van der Waals surface area (Å²) in [5.74, 6) is 0.961. The van der Waals surface area contributed by atoms with Crippen molar-refractivity contribution in [2.24, 2.45) is 4.99 Å². The summed E-state index contributed by atoms with van der Waals surface area (Å²) >= 11 is 1.73. The van der Waals surface area contributed by atoms with Crippen LogP contribution < -0.4 is 20.3 Å². The smallest absolute Gasteiger partial charge is 0.191 e. The molecule has 2 aromatic rings. The molecule has 1 aromatic carbocycles. The van der Waals surface area contributed by atoms with Crippen molar-refractivity contribution in [3.05, 3.63) is 41.2 Å². The lowest BCUT2D eigenvalue weighted by atomic mass is 10.3. The quantitative estimate of drug-likeness (QED) is 0.282. The van der Waals surface area contributed by atoms with Gasteiger partial charge >= 0.3 is 0 Å². The highest BCUT2D eigenvalue weighted by molar-refractivity contribution is 14.0. The minimum absolute atomic E-state index is 0. The van der Waals surface area contributed by atoms with Crippen LogP contribution in [-0.2, 0) is 6.42 Å². The number of halogens is 2. The van der Waals surface area contributed by atoms with Crippen LogP contribution in [0.25, 0.3) is 0 Å². The minimum Gasteiger partial charge on any atom is -0.489 e. The number of rotatable bonds is 9. The van der Waals surface area contributed by atoms with Crippen LogP contribution in [0.3, 0.4) is 0 Å². The normalized spacial score (nSPS) is 14.9. The third-order valence-electron chi connectivity index (χ3n) is 4.57. The van der Waals surface area contributed by atoms with Crippen LogP contribution in [0.1, 0.15) is 32.4 Å².